The lowest BCUT2D eigenvalue weighted by Crippen LogP contribution is -2.27. The number of hydrogen-bond donors (Lipinski definition) is 2. The van der Waals surface area contributed by atoms with Gasteiger partial charge in [-0.3, -0.25) is 0 Å². The van der Waals surface area contributed by atoms with Crippen molar-refractivity contribution in [1.82, 2.24) is 0 Å². The summed E-state index contributed by atoms with van der Waals surface area (Å²) in [6.07, 6.45) is -1.15. The molecule has 1 rings (SSSR count). The molecular formula is C12H16O4. The second-order valence-corrected chi connectivity index (χ2v) is 4.51. The van der Waals surface area contributed by atoms with Crippen molar-refractivity contribution in [2.45, 2.75) is 32.5 Å². The number of aliphatic carboxylic acids is 1. The van der Waals surface area contributed by atoms with Crippen LogP contribution in [-0.4, -0.2) is 21.8 Å². The third-order valence-corrected chi connectivity index (χ3v) is 1.91. The van der Waals surface area contributed by atoms with Gasteiger partial charge < -0.3 is 14.9 Å². The van der Waals surface area contributed by atoms with Crippen LogP contribution in [0.1, 0.15) is 32.4 Å². The summed E-state index contributed by atoms with van der Waals surface area (Å²) in [5, 5.41) is 18.7. The minimum Gasteiger partial charge on any atom is -0.508 e. The van der Waals surface area contributed by atoms with Crippen LogP contribution in [0.4, 0.5) is 0 Å². The molecule has 0 heterocycles. The number of para-hydroxylation sites is 1. The average Bonchev–Trinajstić information content (AvgIpc) is 2.13. The number of hydrogen-bond acceptors (Lipinski definition) is 3. The van der Waals surface area contributed by atoms with Gasteiger partial charge in [0.2, 0.25) is 0 Å². The van der Waals surface area contributed by atoms with E-state index >= 15 is 0 Å². The minimum atomic E-state index is -1.15. The molecule has 0 saturated carbocycles. The number of carbonyl (C=O) groups is 1. The number of ether oxygens (including phenoxy) is 1. The minimum absolute atomic E-state index is 0.0702. The van der Waals surface area contributed by atoms with Crippen molar-refractivity contribution >= 4 is 5.97 Å². The molecule has 2 N–H and O–H groups in total. The molecule has 16 heavy (non-hydrogen) atoms. The van der Waals surface area contributed by atoms with Crippen LogP contribution in [0.25, 0.3) is 0 Å². The van der Waals surface area contributed by atoms with Crippen LogP contribution in [0.3, 0.4) is 0 Å². The fourth-order valence-electron chi connectivity index (χ4n) is 1.31. The molecular weight excluding hydrogens is 208 g/mol. The Morgan fingerprint density at radius 3 is 2.31 bits per heavy atom. The smallest absolute Gasteiger partial charge is 0.337 e. The van der Waals surface area contributed by atoms with Crippen LogP contribution in [0, 0.1) is 0 Å². The molecule has 88 valence electrons. The lowest BCUT2D eigenvalue weighted by Gasteiger charge is -2.25. The molecule has 4 nitrogen and oxygen atoms in total. The molecule has 0 radical (unpaired) electrons. The van der Waals surface area contributed by atoms with Crippen molar-refractivity contribution in [3.8, 4) is 5.75 Å². The maximum absolute atomic E-state index is 11.1. The molecule has 0 aliphatic rings. The molecule has 0 spiro atoms. The summed E-state index contributed by atoms with van der Waals surface area (Å²) in [5.74, 6) is -1.18. The maximum atomic E-state index is 11.1. The van der Waals surface area contributed by atoms with Gasteiger partial charge in [0.1, 0.15) is 5.75 Å². The lowest BCUT2D eigenvalue weighted by atomic mass is 10.1. The lowest BCUT2D eigenvalue weighted by molar-refractivity contribution is -0.160. The predicted molar refractivity (Wildman–Crippen MR) is 59.3 cm³/mol. The first-order chi connectivity index (χ1) is 7.31. The van der Waals surface area contributed by atoms with Gasteiger partial charge in [-0.1, -0.05) is 18.2 Å². The van der Waals surface area contributed by atoms with Crippen molar-refractivity contribution in [3.05, 3.63) is 29.8 Å². The highest BCUT2D eigenvalue weighted by Gasteiger charge is 2.28. The fraction of sp³-hybridized carbons (Fsp3) is 0.417. The molecule has 0 aliphatic carbocycles. The predicted octanol–water partition coefficient (Wildman–Crippen LogP) is 2.33. The van der Waals surface area contributed by atoms with Crippen molar-refractivity contribution in [2.24, 2.45) is 0 Å². The van der Waals surface area contributed by atoms with Gasteiger partial charge in [0.25, 0.3) is 0 Å². The highest BCUT2D eigenvalue weighted by atomic mass is 16.5. The molecule has 0 aliphatic heterocycles. The Hall–Kier alpha value is -1.55. The monoisotopic (exact) mass is 224 g/mol. The van der Waals surface area contributed by atoms with Crippen molar-refractivity contribution in [2.75, 3.05) is 0 Å². The molecule has 0 fully saturated rings. The second-order valence-electron chi connectivity index (χ2n) is 4.51. The number of rotatable bonds is 3. The van der Waals surface area contributed by atoms with Gasteiger partial charge in [-0.25, -0.2) is 4.79 Å². The first kappa shape index (κ1) is 12.5. The fourth-order valence-corrected chi connectivity index (χ4v) is 1.31. The van der Waals surface area contributed by atoms with E-state index in [0.29, 0.717) is 0 Å². The highest BCUT2D eigenvalue weighted by molar-refractivity contribution is 5.75. The first-order valence-corrected chi connectivity index (χ1v) is 5.00. The Kier molecular flexibility index (Phi) is 3.55. The number of phenols is 1. The number of phenolic OH excluding ortho intramolecular Hbond substituents is 1. The average molecular weight is 224 g/mol. The van der Waals surface area contributed by atoms with Crippen LogP contribution in [-0.2, 0) is 9.53 Å². The van der Waals surface area contributed by atoms with Gasteiger partial charge in [0, 0.05) is 5.56 Å². The molecule has 1 unspecified atom stereocenters. The number of carboxylic acid groups (broad SMARTS) is 1. The molecule has 4 heteroatoms. The van der Waals surface area contributed by atoms with Gasteiger partial charge in [-0.2, -0.15) is 0 Å². The Morgan fingerprint density at radius 2 is 1.88 bits per heavy atom. The summed E-state index contributed by atoms with van der Waals surface area (Å²) in [7, 11) is 0. The van der Waals surface area contributed by atoms with E-state index in [-0.39, 0.29) is 11.3 Å². The van der Waals surface area contributed by atoms with E-state index in [2.05, 4.69) is 0 Å². The topological polar surface area (TPSA) is 66.8 Å². The SMILES string of the molecule is CC(C)(C)OC(C(=O)O)c1ccccc1O. The number of benzene rings is 1. The van der Waals surface area contributed by atoms with E-state index in [1.807, 2.05) is 0 Å². The summed E-state index contributed by atoms with van der Waals surface area (Å²) < 4.78 is 5.41. The molecule has 1 aromatic carbocycles. The van der Waals surface area contributed by atoms with Crippen molar-refractivity contribution in [3.63, 3.8) is 0 Å². The standard InChI is InChI=1S/C12H16O4/c1-12(2,3)16-10(11(14)15)8-6-4-5-7-9(8)13/h4-7,10,13H,1-3H3,(H,14,15). The van der Waals surface area contributed by atoms with E-state index < -0.39 is 17.7 Å². The molecule has 1 aromatic rings. The summed E-state index contributed by atoms with van der Waals surface area (Å²) in [4.78, 5) is 11.1. The first-order valence-electron chi connectivity index (χ1n) is 5.00. The summed E-state index contributed by atoms with van der Waals surface area (Å²) in [6.45, 7) is 5.30. The third-order valence-electron chi connectivity index (χ3n) is 1.91. The summed E-state index contributed by atoms with van der Waals surface area (Å²) in [5.41, 5.74) is -0.323. The van der Waals surface area contributed by atoms with Crippen molar-refractivity contribution < 1.29 is 19.7 Å². The molecule has 0 bridgehead atoms. The van der Waals surface area contributed by atoms with E-state index in [9.17, 15) is 9.90 Å². The van der Waals surface area contributed by atoms with Crippen molar-refractivity contribution in [1.29, 1.82) is 0 Å². The van der Waals surface area contributed by atoms with E-state index in [4.69, 9.17) is 9.84 Å². The largest absolute Gasteiger partial charge is 0.508 e. The summed E-state index contributed by atoms with van der Waals surface area (Å²) >= 11 is 0. The zero-order chi connectivity index (χ0) is 12.3. The van der Waals surface area contributed by atoms with E-state index in [1.165, 1.54) is 6.07 Å². The van der Waals surface area contributed by atoms with E-state index in [0.717, 1.165) is 0 Å². The highest BCUT2D eigenvalue weighted by Crippen LogP contribution is 2.30. The Balaban J connectivity index is 3.04. The quantitative estimate of drug-likeness (QED) is 0.826. The normalized spacial score (nSPS) is 13.4. The Labute approximate surface area is 94.5 Å². The number of carboxylic acids is 1. The van der Waals surface area contributed by atoms with Gasteiger partial charge in [-0.05, 0) is 26.8 Å². The zero-order valence-electron chi connectivity index (χ0n) is 9.60. The second kappa shape index (κ2) is 4.53. The Morgan fingerprint density at radius 1 is 1.31 bits per heavy atom. The maximum Gasteiger partial charge on any atom is 0.337 e. The Bertz CT molecular complexity index is 379. The number of aromatic hydroxyl groups is 1. The van der Waals surface area contributed by atoms with Gasteiger partial charge in [-0.15, -0.1) is 0 Å². The molecule has 0 saturated heterocycles. The van der Waals surface area contributed by atoms with Gasteiger partial charge in [0.15, 0.2) is 6.10 Å². The van der Waals surface area contributed by atoms with Gasteiger partial charge in [0.05, 0.1) is 5.60 Å². The molecule has 1 atom stereocenters. The van der Waals surface area contributed by atoms with Gasteiger partial charge >= 0.3 is 5.97 Å². The molecule has 0 aromatic heterocycles. The van der Waals surface area contributed by atoms with E-state index in [1.54, 1.807) is 39.0 Å². The molecule has 0 amide bonds. The van der Waals surface area contributed by atoms with Crippen LogP contribution in [0.5, 0.6) is 5.75 Å². The van der Waals surface area contributed by atoms with Crippen LogP contribution in [0.2, 0.25) is 0 Å². The summed E-state index contributed by atoms with van der Waals surface area (Å²) in [6, 6.07) is 6.28. The van der Waals surface area contributed by atoms with Crippen LogP contribution in [0.15, 0.2) is 24.3 Å². The zero-order valence-corrected chi connectivity index (χ0v) is 9.60. The van der Waals surface area contributed by atoms with Crippen LogP contribution < -0.4 is 0 Å². The van der Waals surface area contributed by atoms with Crippen LogP contribution >= 0.6 is 0 Å². The third kappa shape index (κ3) is 3.24.